The number of benzene rings is 1. The Bertz CT molecular complexity index is 832. The van der Waals surface area contributed by atoms with Gasteiger partial charge >= 0.3 is 6.16 Å². The van der Waals surface area contributed by atoms with Crippen LogP contribution in [-0.4, -0.2) is 62.6 Å². The van der Waals surface area contributed by atoms with Gasteiger partial charge in [-0.1, -0.05) is 30.3 Å². The van der Waals surface area contributed by atoms with E-state index in [0.717, 1.165) is 17.0 Å². The van der Waals surface area contributed by atoms with Crippen molar-refractivity contribution in [1.82, 2.24) is 10.0 Å². The monoisotopic (exact) mass is 438 g/mol. The van der Waals surface area contributed by atoms with Gasteiger partial charge in [0, 0.05) is 25.5 Å². The highest BCUT2D eigenvalue weighted by Gasteiger charge is 2.48. The predicted molar refractivity (Wildman–Crippen MR) is 108 cm³/mol. The number of carboxylic acid groups (broad SMARTS) is 1. The molecule has 0 spiro atoms. The van der Waals surface area contributed by atoms with Crippen molar-refractivity contribution in [2.24, 2.45) is 0 Å². The van der Waals surface area contributed by atoms with Crippen molar-refractivity contribution in [1.29, 1.82) is 0 Å². The number of nitrogens with zero attached hydrogens (tertiary/aromatic N) is 2. The molecule has 2 aliphatic heterocycles. The Labute approximate surface area is 175 Å². The zero-order valence-electron chi connectivity index (χ0n) is 16.7. The lowest BCUT2D eigenvalue weighted by Gasteiger charge is -2.42. The lowest BCUT2D eigenvalue weighted by molar-refractivity contribution is -0.194. The normalized spacial score (nSPS) is 24.0. The molecule has 1 aromatic carbocycles. The Hall–Kier alpha value is -2.38. The molecule has 2 amide bonds. The van der Waals surface area contributed by atoms with Crippen LogP contribution in [0, 0.1) is 0 Å². The van der Waals surface area contributed by atoms with Crippen LogP contribution in [0.4, 0.5) is 4.79 Å². The molecule has 2 heterocycles. The number of amides is 2. The number of ether oxygens (including phenoxy) is 1. The molecular formula is C20H27N2O7P. The zero-order chi connectivity index (χ0) is 21.7. The third-order valence-corrected chi connectivity index (χ3v) is 7.96. The average Bonchev–Trinajstić information content (AvgIpc) is 2.83. The van der Waals surface area contributed by atoms with Crippen molar-refractivity contribution < 1.29 is 33.7 Å². The Kier molecular flexibility index (Phi) is 7.15. The van der Waals surface area contributed by atoms with Crippen LogP contribution in [0.15, 0.2) is 30.3 Å². The van der Waals surface area contributed by atoms with Crippen molar-refractivity contribution in [3.8, 4) is 0 Å². The van der Waals surface area contributed by atoms with Crippen molar-refractivity contribution >= 4 is 25.3 Å². The minimum Gasteiger partial charge on any atom is -0.450 e. The zero-order valence-corrected chi connectivity index (χ0v) is 17.6. The van der Waals surface area contributed by atoms with Gasteiger partial charge in [-0.2, -0.15) is 0 Å². The summed E-state index contributed by atoms with van der Waals surface area (Å²) in [6, 6.07) is 9.79. The van der Waals surface area contributed by atoms with Crippen LogP contribution in [0.1, 0.15) is 44.1 Å². The van der Waals surface area contributed by atoms with Gasteiger partial charge in [0.15, 0.2) is 6.23 Å². The maximum absolute atomic E-state index is 13.1. The fourth-order valence-corrected chi connectivity index (χ4v) is 6.02. The Morgan fingerprint density at radius 2 is 1.90 bits per heavy atom. The fraction of sp³-hybridized carbons (Fsp3) is 0.550. The van der Waals surface area contributed by atoms with E-state index in [1.54, 1.807) is 0 Å². The summed E-state index contributed by atoms with van der Waals surface area (Å²) in [4.78, 5) is 47.3. The number of hydrogen-bond acceptors (Lipinski definition) is 5. The second kappa shape index (κ2) is 9.62. The van der Waals surface area contributed by atoms with Gasteiger partial charge in [-0.25, -0.2) is 14.8 Å². The van der Waals surface area contributed by atoms with Gasteiger partial charge in [0.2, 0.25) is 13.3 Å². The highest BCUT2D eigenvalue weighted by atomic mass is 31.2. The number of aryl methyl sites for hydroxylation is 1. The summed E-state index contributed by atoms with van der Waals surface area (Å²) < 4.78 is 17.9. The van der Waals surface area contributed by atoms with Crippen LogP contribution in [0.2, 0.25) is 0 Å². The molecule has 3 rings (SSSR count). The number of unbranched alkanes of at least 4 members (excludes halogenated alkanes) is 1. The maximum atomic E-state index is 13.1. The first-order chi connectivity index (χ1) is 14.3. The van der Waals surface area contributed by atoms with Crippen molar-refractivity contribution in [3.63, 3.8) is 0 Å². The van der Waals surface area contributed by atoms with E-state index >= 15 is 0 Å². The van der Waals surface area contributed by atoms with Crippen molar-refractivity contribution in [2.75, 3.05) is 12.7 Å². The van der Waals surface area contributed by atoms with Crippen LogP contribution < -0.4 is 0 Å². The minimum absolute atomic E-state index is 0.0251. The first-order valence-electron chi connectivity index (χ1n) is 10.2. The standard InChI is InChI=1S/C20H27N2O7P/c23-17-12-11-16(19(24)22-18(29-20(25)26)10-6-13-21(17)22)30(27,28)14-5-4-9-15-7-2-1-3-8-15/h1-3,7-8,16,18H,4-6,9-14H2,(H,25,26)(H,27,28)/t16-,18?/m0/s1. The highest BCUT2D eigenvalue weighted by Crippen LogP contribution is 2.51. The van der Waals surface area contributed by atoms with Gasteiger partial charge in [0.25, 0.3) is 5.91 Å². The highest BCUT2D eigenvalue weighted by molar-refractivity contribution is 7.59. The van der Waals surface area contributed by atoms with E-state index in [4.69, 9.17) is 9.84 Å². The van der Waals surface area contributed by atoms with Gasteiger partial charge < -0.3 is 14.7 Å². The maximum Gasteiger partial charge on any atom is 0.507 e. The van der Waals surface area contributed by atoms with E-state index in [1.807, 2.05) is 30.3 Å². The summed E-state index contributed by atoms with van der Waals surface area (Å²) in [6.45, 7) is 0.254. The molecule has 0 saturated carbocycles. The van der Waals surface area contributed by atoms with Gasteiger partial charge in [0.05, 0.1) is 0 Å². The Morgan fingerprint density at radius 3 is 2.60 bits per heavy atom. The number of carbonyl (C=O) groups is 3. The predicted octanol–water partition coefficient (Wildman–Crippen LogP) is 2.83. The first kappa shape index (κ1) is 22.3. The van der Waals surface area contributed by atoms with Gasteiger partial charge in [-0.05, 0) is 37.7 Å². The number of hydrazine groups is 1. The Morgan fingerprint density at radius 1 is 1.17 bits per heavy atom. The molecule has 0 radical (unpaired) electrons. The van der Waals surface area contributed by atoms with Crippen molar-refractivity contribution in [3.05, 3.63) is 35.9 Å². The molecule has 1 aromatic rings. The van der Waals surface area contributed by atoms with Gasteiger partial charge in [-0.3, -0.25) is 14.2 Å². The van der Waals surface area contributed by atoms with E-state index < -0.39 is 31.3 Å². The molecule has 2 saturated heterocycles. The average molecular weight is 438 g/mol. The molecule has 3 atom stereocenters. The lowest BCUT2D eigenvalue weighted by Crippen LogP contribution is -2.59. The lowest BCUT2D eigenvalue weighted by atomic mass is 10.1. The quantitative estimate of drug-likeness (QED) is 0.381. The van der Waals surface area contributed by atoms with E-state index in [1.165, 1.54) is 5.01 Å². The topological polar surface area (TPSA) is 124 Å². The van der Waals surface area contributed by atoms with Gasteiger partial charge in [-0.15, -0.1) is 0 Å². The SMILES string of the molecule is O=C(O)OC1CCCN2C(=O)CC[C@H](P(=O)(O)CCCCc3ccccc3)C(=O)N12. The smallest absolute Gasteiger partial charge is 0.450 e. The summed E-state index contributed by atoms with van der Waals surface area (Å²) in [5.41, 5.74) is -0.0970. The third-order valence-electron chi connectivity index (χ3n) is 5.54. The second-order valence-electron chi connectivity index (χ2n) is 7.66. The molecule has 2 unspecified atom stereocenters. The third kappa shape index (κ3) is 5.21. The number of hydrogen-bond donors (Lipinski definition) is 2. The largest absolute Gasteiger partial charge is 0.507 e. The number of carbonyl (C=O) groups excluding carboxylic acids is 2. The molecule has 9 nitrogen and oxygen atoms in total. The molecule has 0 aromatic heterocycles. The van der Waals surface area contributed by atoms with Crippen LogP contribution >= 0.6 is 7.37 Å². The number of rotatable bonds is 7. The molecule has 2 fully saturated rings. The molecule has 10 heteroatoms. The summed E-state index contributed by atoms with van der Waals surface area (Å²) in [5.74, 6) is -1.07. The molecule has 2 N–H and O–H groups in total. The van der Waals surface area contributed by atoms with Crippen LogP contribution in [0.25, 0.3) is 0 Å². The van der Waals surface area contributed by atoms with Crippen LogP contribution in [0.5, 0.6) is 0 Å². The molecule has 164 valence electrons. The van der Waals surface area contributed by atoms with E-state index in [9.17, 15) is 23.8 Å². The molecule has 0 bridgehead atoms. The van der Waals surface area contributed by atoms with E-state index in [-0.39, 0.29) is 37.9 Å². The molecule has 2 aliphatic rings. The van der Waals surface area contributed by atoms with E-state index in [0.29, 0.717) is 19.3 Å². The summed E-state index contributed by atoms with van der Waals surface area (Å²) >= 11 is 0. The summed E-state index contributed by atoms with van der Waals surface area (Å²) in [7, 11) is -3.90. The fourth-order valence-electron chi connectivity index (χ4n) is 4.04. The summed E-state index contributed by atoms with van der Waals surface area (Å²) in [6.07, 6.45) is -0.153. The second-order valence-corrected chi connectivity index (χ2v) is 10.2. The number of fused-ring (bicyclic) bond motifs is 1. The van der Waals surface area contributed by atoms with Crippen molar-refractivity contribution in [2.45, 2.75) is 56.8 Å². The molecular weight excluding hydrogens is 411 g/mol. The minimum atomic E-state index is -3.90. The van der Waals surface area contributed by atoms with Crippen LogP contribution in [-0.2, 0) is 25.3 Å². The summed E-state index contributed by atoms with van der Waals surface area (Å²) in [5, 5.41) is 11.1. The first-order valence-corrected chi connectivity index (χ1v) is 12.1. The van der Waals surface area contributed by atoms with Crippen LogP contribution in [0.3, 0.4) is 0 Å². The molecule has 30 heavy (non-hydrogen) atoms. The Balaban J connectivity index is 1.68. The molecule has 0 aliphatic carbocycles. The van der Waals surface area contributed by atoms with Gasteiger partial charge in [0.1, 0.15) is 5.66 Å². The van der Waals surface area contributed by atoms with E-state index in [2.05, 4.69) is 0 Å².